The first-order chi connectivity index (χ1) is 8.36. The molecule has 0 radical (unpaired) electrons. The molecule has 1 fully saturated rings. The maximum Gasteiger partial charge on any atom is 0.0749 e. The number of hydrogen-bond acceptors (Lipinski definition) is 4. The van der Waals surface area contributed by atoms with Gasteiger partial charge in [-0.05, 0) is 31.0 Å². The molecule has 4 nitrogen and oxygen atoms in total. The molecule has 1 aromatic carbocycles. The molecule has 1 aromatic heterocycles. The second kappa shape index (κ2) is 4.22. The van der Waals surface area contributed by atoms with Crippen LogP contribution < -0.4 is 10.8 Å². The predicted molar refractivity (Wildman–Crippen MR) is 68.7 cm³/mol. The molecule has 3 rings (SSSR count). The van der Waals surface area contributed by atoms with Gasteiger partial charge in [0.1, 0.15) is 0 Å². The molecule has 0 unspecified atom stereocenters. The number of hydrogen-bond donors (Lipinski definition) is 1. The van der Waals surface area contributed by atoms with Gasteiger partial charge in [-0.25, -0.2) is 0 Å². The number of rotatable bonds is 1. The van der Waals surface area contributed by atoms with Gasteiger partial charge in [0.05, 0.1) is 12.3 Å². The smallest absolute Gasteiger partial charge is 0.0749 e. The van der Waals surface area contributed by atoms with Crippen LogP contribution >= 0.6 is 0 Å². The Labute approximate surface area is 100.0 Å². The third-order valence-electron chi connectivity index (χ3n) is 3.10. The van der Waals surface area contributed by atoms with Crippen LogP contribution in [0.15, 0.2) is 30.6 Å². The Morgan fingerprint density at radius 3 is 2.94 bits per heavy atom. The average Bonchev–Trinajstić information content (AvgIpc) is 2.41. The van der Waals surface area contributed by atoms with E-state index in [0.29, 0.717) is 0 Å². The Bertz CT molecular complexity index is 535. The lowest BCUT2D eigenvalue weighted by Gasteiger charge is -2.28. The van der Waals surface area contributed by atoms with Crippen molar-refractivity contribution in [2.45, 2.75) is 12.8 Å². The van der Waals surface area contributed by atoms with Gasteiger partial charge in [0.15, 0.2) is 0 Å². The quantitative estimate of drug-likeness (QED) is 0.763. The number of nitrogen functional groups attached to an aromatic ring is 1. The summed E-state index contributed by atoms with van der Waals surface area (Å²) in [5.74, 6) is 0. The summed E-state index contributed by atoms with van der Waals surface area (Å²) in [5, 5.41) is 4.04. The molecular weight excluding hydrogens is 214 g/mol. The topological polar surface area (TPSA) is 51.4 Å². The molecule has 17 heavy (non-hydrogen) atoms. The monoisotopic (exact) mass is 229 g/mol. The number of nitrogens with two attached hydrogens (primary N) is 1. The lowest BCUT2D eigenvalue weighted by molar-refractivity contribution is 0.0784. The molecule has 1 aliphatic heterocycles. The summed E-state index contributed by atoms with van der Waals surface area (Å²) in [5.41, 5.74) is 7.81. The first-order valence-electron chi connectivity index (χ1n) is 5.89. The summed E-state index contributed by atoms with van der Waals surface area (Å²) in [6.07, 6.45) is 5.90. The fourth-order valence-corrected chi connectivity index (χ4v) is 2.20. The Hall–Kier alpha value is -1.81. The van der Waals surface area contributed by atoms with Crippen molar-refractivity contribution in [1.82, 2.24) is 4.98 Å². The molecular formula is C13H15N3O. The maximum atomic E-state index is 5.97. The molecule has 1 aliphatic rings. The molecule has 0 atom stereocenters. The largest absolute Gasteiger partial charge is 0.398 e. The van der Waals surface area contributed by atoms with Crippen LogP contribution in [-0.2, 0) is 4.84 Å². The molecule has 0 bridgehead atoms. The zero-order valence-electron chi connectivity index (χ0n) is 9.60. The van der Waals surface area contributed by atoms with E-state index in [9.17, 15) is 0 Å². The predicted octanol–water partition coefficient (Wildman–Crippen LogP) is 2.35. The first kappa shape index (κ1) is 10.4. The number of hydroxylamine groups is 1. The highest BCUT2D eigenvalue weighted by Crippen LogP contribution is 2.31. The van der Waals surface area contributed by atoms with E-state index in [1.165, 1.54) is 0 Å². The van der Waals surface area contributed by atoms with Crippen LogP contribution in [0, 0.1) is 0 Å². The Morgan fingerprint density at radius 2 is 2.12 bits per heavy atom. The molecule has 4 heteroatoms. The van der Waals surface area contributed by atoms with Gasteiger partial charge >= 0.3 is 0 Å². The van der Waals surface area contributed by atoms with Crippen molar-refractivity contribution in [3.8, 4) is 0 Å². The Morgan fingerprint density at radius 1 is 1.18 bits per heavy atom. The fourth-order valence-electron chi connectivity index (χ4n) is 2.20. The number of nitrogens with zero attached hydrogens (tertiary/aromatic N) is 2. The van der Waals surface area contributed by atoms with Crippen molar-refractivity contribution in [2.24, 2.45) is 0 Å². The highest BCUT2D eigenvalue weighted by molar-refractivity contribution is 6.00. The van der Waals surface area contributed by atoms with Crippen molar-refractivity contribution in [1.29, 1.82) is 0 Å². The van der Waals surface area contributed by atoms with Crippen molar-refractivity contribution in [2.75, 3.05) is 23.9 Å². The zero-order chi connectivity index (χ0) is 11.7. The van der Waals surface area contributed by atoms with Crippen LogP contribution in [0.1, 0.15) is 12.8 Å². The van der Waals surface area contributed by atoms with Crippen LogP contribution in [0.3, 0.4) is 0 Å². The molecule has 0 spiro atoms. The summed E-state index contributed by atoms with van der Waals surface area (Å²) in [6, 6.07) is 5.87. The van der Waals surface area contributed by atoms with Gasteiger partial charge < -0.3 is 5.73 Å². The van der Waals surface area contributed by atoms with E-state index in [4.69, 9.17) is 10.6 Å². The van der Waals surface area contributed by atoms with E-state index < -0.39 is 0 Å². The third-order valence-corrected chi connectivity index (χ3v) is 3.10. The number of fused-ring (bicyclic) bond motifs is 1. The van der Waals surface area contributed by atoms with E-state index in [1.54, 1.807) is 6.20 Å². The SMILES string of the molecule is Nc1ccc(N2CCCCO2)c2cnccc12. The first-order valence-corrected chi connectivity index (χ1v) is 5.89. The molecule has 1 saturated heterocycles. The van der Waals surface area contributed by atoms with Crippen LogP contribution in [0.4, 0.5) is 11.4 Å². The summed E-state index contributed by atoms with van der Waals surface area (Å²) in [6.45, 7) is 1.71. The summed E-state index contributed by atoms with van der Waals surface area (Å²) in [7, 11) is 0. The van der Waals surface area contributed by atoms with Crippen LogP contribution in [-0.4, -0.2) is 18.1 Å². The number of anilines is 2. The minimum Gasteiger partial charge on any atom is -0.398 e. The second-order valence-electron chi connectivity index (χ2n) is 4.24. The standard InChI is InChI=1S/C13H15N3O/c14-12-3-4-13(16-7-1-2-8-17-16)11-9-15-6-5-10(11)12/h3-6,9H,1-2,7-8,14H2. The zero-order valence-corrected chi connectivity index (χ0v) is 9.60. The van der Waals surface area contributed by atoms with E-state index in [0.717, 1.165) is 48.1 Å². The average molecular weight is 229 g/mol. The molecule has 2 N–H and O–H groups in total. The highest BCUT2D eigenvalue weighted by atomic mass is 16.7. The van der Waals surface area contributed by atoms with Gasteiger partial charge in [0.25, 0.3) is 0 Å². The number of benzene rings is 1. The molecule has 0 aliphatic carbocycles. The van der Waals surface area contributed by atoms with Crippen molar-refractivity contribution >= 4 is 22.1 Å². The van der Waals surface area contributed by atoms with Gasteiger partial charge in [-0.1, -0.05) is 0 Å². The van der Waals surface area contributed by atoms with Gasteiger partial charge in [-0.3, -0.25) is 14.9 Å². The molecule has 2 heterocycles. The summed E-state index contributed by atoms with van der Waals surface area (Å²) in [4.78, 5) is 9.85. The Kier molecular flexibility index (Phi) is 2.57. The van der Waals surface area contributed by atoms with E-state index in [-0.39, 0.29) is 0 Å². The molecule has 88 valence electrons. The molecule has 0 amide bonds. The van der Waals surface area contributed by atoms with Gasteiger partial charge in [0, 0.05) is 35.4 Å². The molecule has 2 aromatic rings. The van der Waals surface area contributed by atoms with Crippen LogP contribution in [0.25, 0.3) is 10.8 Å². The van der Waals surface area contributed by atoms with Crippen LogP contribution in [0.5, 0.6) is 0 Å². The Balaban J connectivity index is 2.12. The lowest BCUT2D eigenvalue weighted by Crippen LogP contribution is -2.29. The third kappa shape index (κ3) is 1.80. The van der Waals surface area contributed by atoms with Crippen molar-refractivity contribution < 1.29 is 4.84 Å². The lowest BCUT2D eigenvalue weighted by atomic mass is 10.1. The minimum atomic E-state index is 0.781. The minimum absolute atomic E-state index is 0.781. The second-order valence-corrected chi connectivity index (χ2v) is 4.24. The van der Waals surface area contributed by atoms with E-state index >= 15 is 0 Å². The highest BCUT2D eigenvalue weighted by Gasteiger charge is 2.15. The number of aromatic nitrogens is 1. The van der Waals surface area contributed by atoms with Gasteiger partial charge in [-0.2, -0.15) is 0 Å². The van der Waals surface area contributed by atoms with Gasteiger partial charge in [0.2, 0.25) is 0 Å². The van der Waals surface area contributed by atoms with E-state index in [2.05, 4.69) is 4.98 Å². The maximum absolute atomic E-state index is 5.97. The molecule has 0 saturated carbocycles. The van der Waals surface area contributed by atoms with E-state index in [1.807, 2.05) is 29.5 Å². The summed E-state index contributed by atoms with van der Waals surface area (Å²) < 4.78 is 0. The summed E-state index contributed by atoms with van der Waals surface area (Å²) >= 11 is 0. The normalized spacial score (nSPS) is 16.4. The van der Waals surface area contributed by atoms with Gasteiger partial charge in [-0.15, -0.1) is 0 Å². The number of pyridine rings is 1. The fraction of sp³-hybridized carbons (Fsp3) is 0.308. The van der Waals surface area contributed by atoms with Crippen LogP contribution in [0.2, 0.25) is 0 Å². The van der Waals surface area contributed by atoms with Crippen molar-refractivity contribution in [3.63, 3.8) is 0 Å². The van der Waals surface area contributed by atoms with Crippen molar-refractivity contribution in [3.05, 3.63) is 30.6 Å².